The van der Waals surface area contributed by atoms with E-state index in [1.807, 2.05) is 0 Å². The number of benzene rings is 1. The maximum atomic E-state index is 10.8. The second-order valence-corrected chi connectivity index (χ2v) is 7.56. The van der Waals surface area contributed by atoms with Gasteiger partial charge in [-0.25, -0.2) is 0 Å². The highest BCUT2D eigenvalue weighted by atomic mass is 16.3. The lowest BCUT2D eigenvalue weighted by Crippen LogP contribution is -2.20. The minimum absolute atomic E-state index is 0.0686. The third kappa shape index (κ3) is 3.37. The average molecular weight is 274 g/mol. The van der Waals surface area contributed by atoms with Crippen molar-refractivity contribution in [3.63, 3.8) is 0 Å². The van der Waals surface area contributed by atoms with Crippen LogP contribution in [0.3, 0.4) is 0 Å². The predicted octanol–water partition coefficient (Wildman–Crippen LogP) is 5.39. The van der Waals surface area contributed by atoms with Crippen LogP contribution in [0.5, 0.6) is 5.75 Å². The Balaban J connectivity index is 3.74. The van der Waals surface area contributed by atoms with Gasteiger partial charge in [-0.3, -0.25) is 0 Å². The van der Waals surface area contributed by atoms with Crippen LogP contribution < -0.4 is 0 Å². The molecule has 0 amide bonds. The van der Waals surface area contributed by atoms with Crippen molar-refractivity contribution in [1.82, 2.24) is 0 Å². The van der Waals surface area contributed by atoms with E-state index in [1.165, 1.54) is 11.1 Å². The van der Waals surface area contributed by atoms with E-state index in [-0.39, 0.29) is 10.8 Å². The molecule has 1 aromatic rings. The van der Waals surface area contributed by atoms with Crippen molar-refractivity contribution in [2.45, 2.75) is 79.1 Å². The number of hydrogen-bond acceptors (Lipinski definition) is 1. The maximum Gasteiger partial charge on any atom is 0.123 e. The van der Waals surface area contributed by atoms with E-state index >= 15 is 0 Å². The van der Waals surface area contributed by atoms with Crippen LogP contribution in [-0.2, 0) is 17.3 Å². The van der Waals surface area contributed by atoms with E-state index in [0.29, 0.717) is 5.75 Å². The fraction of sp³-hybridized carbons (Fsp3) is 0.632. The van der Waals surface area contributed by atoms with Crippen LogP contribution in [0.1, 0.15) is 84.1 Å². The molecular weight excluding hydrogens is 244 g/mol. The lowest BCUT2D eigenvalue weighted by molar-refractivity contribution is 0.421. The van der Waals surface area contributed by atoms with Gasteiger partial charge in [0.1, 0.15) is 5.75 Å². The number of aromatic hydroxyl groups is 1. The summed E-state index contributed by atoms with van der Waals surface area (Å²) < 4.78 is 0. The Hall–Kier alpha value is -0.980. The highest BCUT2D eigenvalue weighted by molar-refractivity contribution is 5.56. The van der Waals surface area contributed by atoms with Crippen molar-refractivity contribution in [1.29, 1.82) is 0 Å². The Labute approximate surface area is 125 Å². The van der Waals surface area contributed by atoms with E-state index in [9.17, 15) is 5.11 Å². The largest absolute Gasteiger partial charge is 0.507 e. The molecule has 20 heavy (non-hydrogen) atoms. The molecule has 0 heterocycles. The van der Waals surface area contributed by atoms with E-state index in [4.69, 9.17) is 0 Å². The Morgan fingerprint density at radius 2 is 1.55 bits per heavy atom. The molecule has 2 radical (unpaired) electrons. The zero-order valence-corrected chi connectivity index (χ0v) is 14.4. The Morgan fingerprint density at radius 3 is 1.90 bits per heavy atom. The molecule has 1 N–H and O–H groups in total. The summed E-state index contributed by atoms with van der Waals surface area (Å²) in [7, 11) is 0. The summed E-state index contributed by atoms with van der Waals surface area (Å²) >= 11 is 0. The molecule has 0 atom stereocenters. The topological polar surface area (TPSA) is 20.2 Å². The predicted molar refractivity (Wildman–Crippen MR) is 87.5 cm³/mol. The van der Waals surface area contributed by atoms with E-state index in [2.05, 4.69) is 67.9 Å². The van der Waals surface area contributed by atoms with Gasteiger partial charge in [-0.1, -0.05) is 61.5 Å². The second kappa shape index (κ2) is 5.79. The van der Waals surface area contributed by atoms with Crippen molar-refractivity contribution in [2.24, 2.45) is 0 Å². The van der Waals surface area contributed by atoms with Gasteiger partial charge in [-0.15, -0.1) is 0 Å². The molecular formula is C19H30O. The van der Waals surface area contributed by atoms with Crippen molar-refractivity contribution < 1.29 is 5.11 Å². The average Bonchev–Trinajstić information content (AvgIpc) is 2.27. The monoisotopic (exact) mass is 274 g/mol. The first-order chi connectivity index (χ1) is 9.04. The van der Waals surface area contributed by atoms with E-state index in [1.54, 1.807) is 0 Å². The van der Waals surface area contributed by atoms with Crippen LogP contribution in [0.25, 0.3) is 0 Å². The van der Waals surface area contributed by atoms with Crippen LogP contribution in [0.2, 0.25) is 0 Å². The molecule has 112 valence electrons. The highest BCUT2D eigenvalue weighted by Gasteiger charge is 2.29. The molecule has 0 aliphatic rings. The molecule has 1 aromatic carbocycles. The normalized spacial score (nSPS) is 12.8. The molecule has 0 fully saturated rings. The summed E-state index contributed by atoms with van der Waals surface area (Å²) in [5, 5.41) is 10.8. The first kappa shape index (κ1) is 17.1. The van der Waals surface area contributed by atoms with Crippen molar-refractivity contribution >= 4 is 0 Å². The summed E-state index contributed by atoms with van der Waals surface area (Å²) in [6.45, 7) is 17.2. The number of rotatable bonds is 3. The van der Waals surface area contributed by atoms with Gasteiger partial charge < -0.3 is 5.11 Å². The molecule has 0 aromatic heterocycles. The quantitative estimate of drug-likeness (QED) is 0.783. The highest BCUT2D eigenvalue weighted by Crippen LogP contribution is 2.43. The fourth-order valence-corrected chi connectivity index (χ4v) is 2.81. The number of phenolic OH excluding ortho intramolecular Hbond substituents is 1. The van der Waals surface area contributed by atoms with Gasteiger partial charge in [-0.2, -0.15) is 0 Å². The van der Waals surface area contributed by atoms with Gasteiger partial charge in [0, 0.05) is 12.0 Å². The molecule has 0 aliphatic heterocycles. The maximum absolute atomic E-state index is 10.8. The summed E-state index contributed by atoms with van der Waals surface area (Å²) in [4.78, 5) is 0. The van der Waals surface area contributed by atoms with Crippen LogP contribution in [0, 0.1) is 6.42 Å². The number of phenols is 1. The standard InChI is InChI=1S/C19H30O/c1-9-11-13-12-15(18(3,4)5)17(20)16(14(13)10-2)19(6,7)8/h12,20H,9-10H2,1-8H3. The van der Waals surface area contributed by atoms with Gasteiger partial charge in [0.15, 0.2) is 0 Å². The fourth-order valence-electron chi connectivity index (χ4n) is 2.81. The van der Waals surface area contributed by atoms with Crippen LogP contribution >= 0.6 is 0 Å². The third-order valence-corrected chi connectivity index (χ3v) is 3.69. The zero-order chi connectivity index (χ0) is 15.7. The molecule has 0 aliphatic carbocycles. The molecule has 0 unspecified atom stereocenters. The molecule has 1 rings (SSSR count). The summed E-state index contributed by atoms with van der Waals surface area (Å²) in [5.41, 5.74) is 4.38. The zero-order valence-electron chi connectivity index (χ0n) is 14.4. The molecule has 1 nitrogen and oxygen atoms in total. The molecule has 0 saturated heterocycles. The van der Waals surface area contributed by atoms with Gasteiger partial charge in [0.05, 0.1) is 0 Å². The summed E-state index contributed by atoms with van der Waals surface area (Å²) in [6.07, 6.45) is 5.29. The Morgan fingerprint density at radius 1 is 1.00 bits per heavy atom. The lowest BCUT2D eigenvalue weighted by Gasteiger charge is -2.31. The molecule has 1 heteroatoms. The van der Waals surface area contributed by atoms with Crippen LogP contribution in [-0.4, -0.2) is 5.11 Å². The van der Waals surface area contributed by atoms with Gasteiger partial charge in [0.25, 0.3) is 0 Å². The van der Waals surface area contributed by atoms with Gasteiger partial charge >= 0.3 is 0 Å². The van der Waals surface area contributed by atoms with Crippen LogP contribution in [0.15, 0.2) is 6.07 Å². The third-order valence-electron chi connectivity index (χ3n) is 3.69. The first-order valence-corrected chi connectivity index (χ1v) is 7.67. The van der Waals surface area contributed by atoms with Crippen molar-refractivity contribution in [2.75, 3.05) is 0 Å². The van der Waals surface area contributed by atoms with Crippen molar-refractivity contribution in [3.8, 4) is 5.75 Å². The molecule has 0 spiro atoms. The Bertz CT molecular complexity index is 470. The number of hydrogen-bond donors (Lipinski definition) is 1. The summed E-state index contributed by atoms with van der Waals surface area (Å²) in [5.74, 6) is 0.475. The SMILES string of the molecule is CC[C]c1cc(C(C)(C)C)c(O)c(C(C)(C)C)c1CC. The van der Waals surface area contributed by atoms with Gasteiger partial charge in [0.2, 0.25) is 0 Å². The Kier molecular flexibility index (Phi) is 4.94. The molecule has 0 bridgehead atoms. The minimum atomic E-state index is -0.0689. The lowest BCUT2D eigenvalue weighted by atomic mass is 9.74. The second-order valence-electron chi connectivity index (χ2n) is 7.56. The van der Waals surface area contributed by atoms with E-state index in [0.717, 1.165) is 24.0 Å². The first-order valence-electron chi connectivity index (χ1n) is 7.67. The molecule has 0 saturated carbocycles. The van der Waals surface area contributed by atoms with Gasteiger partial charge in [-0.05, 0) is 40.4 Å². The smallest absolute Gasteiger partial charge is 0.123 e. The minimum Gasteiger partial charge on any atom is -0.507 e. The van der Waals surface area contributed by atoms with Crippen molar-refractivity contribution in [3.05, 3.63) is 34.7 Å². The summed E-state index contributed by atoms with van der Waals surface area (Å²) in [6, 6.07) is 2.13. The van der Waals surface area contributed by atoms with E-state index < -0.39 is 0 Å². The van der Waals surface area contributed by atoms with Crippen LogP contribution in [0.4, 0.5) is 0 Å².